The van der Waals surface area contributed by atoms with Crippen molar-refractivity contribution >= 4 is 5.84 Å². The number of dihydropyridines is 1. The summed E-state index contributed by atoms with van der Waals surface area (Å²) in [6.45, 7) is 0.506. The summed E-state index contributed by atoms with van der Waals surface area (Å²) >= 11 is 0. The monoisotopic (exact) mass is 370 g/mol. The number of hydrogen-bond acceptors (Lipinski definition) is 6. The van der Waals surface area contributed by atoms with Crippen LogP contribution in [0, 0.1) is 11.3 Å². The summed E-state index contributed by atoms with van der Waals surface area (Å²) in [5, 5.41) is 9.02. The number of nitrogens with two attached hydrogens (primary N) is 1. The number of nitrogens with one attached hydrogen (secondary N) is 1. The van der Waals surface area contributed by atoms with Crippen molar-refractivity contribution in [2.75, 3.05) is 13.7 Å². The van der Waals surface area contributed by atoms with E-state index in [1.54, 1.807) is 31.6 Å². The number of imidazole rings is 1. The number of nitrogens with zero attached hydrogens (tertiary/aromatic N) is 4. The van der Waals surface area contributed by atoms with Gasteiger partial charge in [0.05, 0.1) is 36.7 Å². The lowest BCUT2D eigenvalue weighted by Crippen LogP contribution is -2.23. The molecule has 1 aliphatic rings. The Morgan fingerprint density at radius 3 is 2.57 bits per heavy atom. The molecule has 138 valence electrons. The molecule has 0 aliphatic carbocycles. The molecule has 0 radical (unpaired) electrons. The number of ether oxygens (including phenoxy) is 1. The second kappa shape index (κ2) is 7.37. The van der Waals surface area contributed by atoms with Crippen LogP contribution in [0.3, 0.4) is 0 Å². The molecule has 3 N–H and O–H groups in total. The van der Waals surface area contributed by atoms with Crippen molar-refractivity contribution < 1.29 is 4.74 Å². The molecule has 2 aromatic heterocycles. The first-order valence-corrected chi connectivity index (χ1v) is 8.76. The summed E-state index contributed by atoms with van der Waals surface area (Å²) in [5.41, 5.74) is 10.1. The first-order valence-electron chi connectivity index (χ1n) is 8.76. The van der Waals surface area contributed by atoms with E-state index in [0.717, 1.165) is 28.3 Å². The number of methoxy groups -OCH3 is 1. The van der Waals surface area contributed by atoms with Gasteiger partial charge in [-0.1, -0.05) is 0 Å². The van der Waals surface area contributed by atoms with Crippen LogP contribution >= 0.6 is 0 Å². The van der Waals surface area contributed by atoms with E-state index < -0.39 is 0 Å². The van der Waals surface area contributed by atoms with Crippen LogP contribution < -0.4 is 5.73 Å². The molecule has 1 aromatic carbocycles. The van der Waals surface area contributed by atoms with Gasteiger partial charge in [0, 0.05) is 29.4 Å². The van der Waals surface area contributed by atoms with E-state index in [4.69, 9.17) is 20.7 Å². The van der Waals surface area contributed by atoms with E-state index in [2.05, 4.69) is 21.0 Å². The van der Waals surface area contributed by atoms with Gasteiger partial charge in [-0.2, -0.15) is 5.26 Å². The number of aliphatic imine (C=N–C) groups is 1. The summed E-state index contributed by atoms with van der Waals surface area (Å²) in [7, 11) is 1.58. The van der Waals surface area contributed by atoms with Gasteiger partial charge in [0.25, 0.3) is 0 Å². The second-order valence-corrected chi connectivity index (χ2v) is 6.34. The van der Waals surface area contributed by atoms with E-state index in [9.17, 15) is 0 Å². The van der Waals surface area contributed by atoms with E-state index in [-0.39, 0.29) is 5.92 Å². The summed E-state index contributed by atoms with van der Waals surface area (Å²) in [6, 6.07) is 13.3. The molecule has 0 spiro atoms. The third-order valence-corrected chi connectivity index (χ3v) is 4.63. The predicted octanol–water partition coefficient (Wildman–Crippen LogP) is 3.00. The first-order chi connectivity index (χ1) is 13.7. The van der Waals surface area contributed by atoms with Crippen molar-refractivity contribution in [1.29, 1.82) is 5.26 Å². The molecule has 3 heterocycles. The molecular weight excluding hydrogens is 352 g/mol. The lowest BCUT2D eigenvalue weighted by Gasteiger charge is -2.18. The maximum atomic E-state index is 9.02. The van der Waals surface area contributed by atoms with Crippen molar-refractivity contribution in [2.45, 2.75) is 5.92 Å². The minimum Gasteiger partial charge on any atom is -0.493 e. The Morgan fingerprint density at radius 1 is 1.14 bits per heavy atom. The standard InChI is InChI=1S/C21H18N6O/c1-28-17-10-16(12-25-20(17)23)19-18(14-6-8-24-9-7-14)26-21(27-19)15-4-2-13(11-22)3-5-15/h2-10,16H,12H2,1H3,(H2,23,25)(H,26,27). The number of hydrogen-bond donors (Lipinski definition) is 2. The van der Waals surface area contributed by atoms with E-state index in [0.29, 0.717) is 23.7 Å². The summed E-state index contributed by atoms with van der Waals surface area (Å²) in [5.74, 6) is 1.63. The molecule has 0 bridgehead atoms. The molecule has 4 rings (SSSR count). The highest BCUT2D eigenvalue weighted by molar-refractivity contribution is 5.96. The third kappa shape index (κ3) is 3.23. The van der Waals surface area contributed by atoms with Crippen LogP contribution in [0.1, 0.15) is 17.2 Å². The third-order valence-electron chi connectivity index (χ3n) is 4.63. The Bertz CT molecular complexity index is 1090. The first kappa shape index (κ1) is 17.5. The van der Waals surface area contributed by atoms with Crippen molar-refractivity contribution in [1.82, 2.24) is 15.0 Å². The minimum atomic E-state index is -0.0509. The van der Waals surface area contributed by atoms with Crippen LogP contribution in [-0.4, -0.2) is 34.4 Å². The van der Waals surface area contributed by atoms with Gasteiger partial charge in [-0.05, 0) is 42.5 Å². The molecule has 0 saturated heterocycles. The molecule has 0 saturated carbocycles. The maximum absolute atomic E-state index is 9.02. The van der Waals surface area contributed by atoms with Crippen LogP contribution in [0.25, 0.3) is 22.6 Å². The molecule has 1 atom stereocenters. The Hall–Kier alpha value is -3.92. The fraction of sp³-hybridized carbons (Fsp3) is 0.143. The predicted molar refractivity (Wildman–Crippen MR) is 106 cm³/mol. The van der Waals surface area contributed by atoms with Crippen LogP contribution in [0.5, 0.6) is 0 Å². The summed E-state index contributed by atoms with van der Waals surface area (Å²) < 4.78 is 5.35. The van der Waals surface area contributed by atoms with Gasteiger partial charge in [-0.3, -0.25) is 9.98 Å². The highest BCUT2D eigenvalue weighted by Gasteiger charge is 2.24. The highest BCUT2D eigenvalue weighted by Crippen LogP contribution is 2.33. The van der Waals surface area contributed by atoms with Crippen molar-refractivity contribution in [3.63, 3.8) is 0 Å². The SMILES string of the molecule is COC1=CC(c2[nH]c(-c3ccc(C#N)cc3)nc2-c2ccncc2)CN=C1N. The molecule has 28 heavy (non-hydrogen) atoms. The Morgan fingerprint density at radius 2 is 1.89 bits per heavy atom. The van der Waals surface area contributed by atoms with E-state index in [1.165, 1.54) is 0 Å². The van der Waals surface area contributed by atoms with Gasteiger partial charge in [-0.15, -0.1) is 0 Å². The van der Waals surface area contributed by atoms with E-state index >= 15 is 0 Å². The number of rotatable bonds is 4. The molecule has 7 nitrogen and oxygen atoms in total. The average Bonchev–Trinajstić information content (AvgIpc) is 3.20. The molecule has 7 heteroatoms. The number of nitriles is 1. The number of aromatic amines is 1. The van der Waals surface area contributed by atoms with Gasteiger partial charge < -0.3 is 15.5 Å². The molecule has 3 aromatic rings. The molecule has 1 unspecified atom stereocenters. The van der Waals surface area contributed by atoms with Gasteiger partial charge in [0.1, 0.15) is 5.82 Å². The van der Waals surface area contributed by atoms with Gasteiger partial charge >= 0.3 is 0 Å². The fourth-order valence-corrected chi connectivity index (χ4v) is 3.17. The number of pyridine rings is 1. The fourth-order valence-electron chi connectivity index (χ4n) is 3.17. The van der Waals surface area contributed by atoms with Crippen molar-refractivity contribution in [3.8, 4) is 28.7 Å². The second-order valence-electron chi connectivity index (χ2n) is 6.34. The topological polar surface area (TPSA) is 113 Å². The average molecular weight is 370 g/mol. The number of benzene rings is 1. The summed E-state index contributed by atoms with van der Waals surface area (Å²) in [4.78, 5) is 16.8. The Balaban J connectivity index is 1.81. The van der Waals surface area contributed by atoms with Crippen molar-refractivity contribution in [3.05, 3.63) is 71.9 Å². The summed E-state index contributed by atoms with van der Waals surface area (Å²) in [6.07, 6.45) is 5.44. The van der Waals surface area contributed by atoms with Crippen LogP contribution in [-0.2, 0) is 4.74 Å². The number of amidine groups is 1. The molecule has 0 amide bonds. The normalized spacial score (nSPS) is 16.1. The Labute approximate surface area is 162 Å². The number of aromatic nitrogens is 3. The maximum Gasteiger partial charge on any atom is 0.161 e. The van der Waals surface area contributed by atoms with Gasteiger partial charge in [0.15, 0.2) is 11.6 Å². The van der Waals surface area contributed by atoms with Gasteiger partial charge in [-0.25, -0.2) is 4.98 Å². The largest absolute Gasteiger partial charge is 0.493 e. The zero-order valence-electron chi connectivity index (χ0n) is 15.3. The van der Waals surface area contributed by atoms with Crippen LogP contribution in [0.15, 0.2) is 65.6 Å². The molecule has 1 aliphatic heterocycles. The zero-order chi connectivity index (χ0) is 19.5. The van der Waals surface area contributed by atoms with Crippen molar-refractivity contribution in [2.24, 2.45) is 10.7 Å². The number of H-pyrrole nitrogens is 1. The van der Waals surface area contributed by atoms with Crippen LogP contribution in [0.4, 0.5) is 0 Å². The van der Waals surface area contributed by atoms with Crippen LogP contribution in [0.2, 0.25) is 0 Å². The Kier molecular flexibility index (Phi) is 4.60. The lowest BCUT2D eigenvalue weighted by atomic mass is 9.98. The van der Waals surface area contributed by atoms with E-state index in [1.807, 2.05) is 30.3 Å². The molecular formula is C21H18N6O. The quantitative estimate of drug-likeness (QED) is 0.733. The zero-order valence-corrected chi connectivity index (χ0v) is 15.3. The molecule has 0 fully saturated rings. The smallest absolute Gasteiger partial charge is 0.161 e. The van der Waals surface area contributed by atoms with Gasteiger partial charge in [0.2, 0.25) is 0 Å². The highest BCUT2D eigenvalue weighted by atomic mass is 16.5. The lowest BCUT2D eigenvalue weighted by molar-refractivity contribution is 0.309. The minimum absolute atomic E-state index is 0.0509.